The van der Waals surface area contributed by atoms with E-state index in [0.717, 1.165) is 17.0 Å². The number of anilines is 1. The van der Waals surface area contributed by atoms with Gasteiger partial charge in [0.25, 0.3) is 11.8 Å². The molecule has 1 heterocycles. The lowest BCUT2D eigenvalue weighted by molar-refractivity contribution is 0.0421. The standard InChI is InChI=1S/C17H13FN2O4/c18-10-5-6-13(14(19)9-10)17(23)24-8-7-20-15(21)11-3-1-2-4-12(11)16(20)22/h1-6,9H,7-8,19H2. The Morgan fingerprint density at radius 1 is 1.08 bits per heavy atom. The summed E-state index contributed by atoms with van der Waals surface area (Å²) >= 11 is 0. The van der Waals surface area contributed by atoms with Crippen molar-refractivity contribution in [3.05, 3.63) is 65.0 Å². The molecular weight excluding hydrogens is 315 g/mol. The van der Waals surface area contributed by atoms with Gasteiger partial charge in [0.15, 0.2) is 0 Å². The lowest BCUT2D eigenvalue weighted by Gasteiger charge is -2.14. The van der Waals surface area contributed by atoms with E-state index < -0.39 is 23.6 Å². The van der Waals surface area contributed by atoms with Crippen LogP contribution in [0.4, 0.5) is 10.1 Å². The molecule has 0 aromatic heterocycles. The van der Waals surface area contributed by atoms with Crippen molar-refractivity contribution in [2.75, 3.05) is 18.9 Å². The number of nitrogens with zero attached hydrogens (tertiary/aromatic N) is 1. The highest BCUT2D eigenvalue weighted by atomic mass is 19.1. The van der Waals surface area contributed by atoms with Gasteiger partial charge in [-0.05, 0) is 30.3 Å². The fourth-order valence-corrected chi connectivity index (χ4v) is 2.47. The number of carbonyl (C=O) groups is 3. The maximum atomic E-state index is 13.0. The van der Waals surface area contributed by atoms with Crippen LogP contribution in [-0.2, 0) is 4.74 Å². The lowest BCUT2D eigenvalue weighted by Crippen LogP contribution is -2.33. The molecule has 0 saturated carbocycles. The van der Waals surface area contributed by atoms with Crippen LogP contribution in [0.2, 0.25) is 0 Å². The molecule has 0 radical (unpaired) electrons. The van der Waals surface area contributed by atoms with E-state index in [2.05, 4.69) is 0 Å². The van der Waals surface area contributed by atoms with Gasteiger partial charge in [-0.1, -0.05) is 12.1 Å². The van der Waals surface area contributed by atoms with Crippen molar-refractivity contribution in [2.24, 2.45) is 0 Å². The number of ether oxygens (including phenoxy) is 1. The fourth-order valence-electron chi connectivity index (χ4n) is 2.47. The molecule has 0 fully saturated rings. The van der Waals surface area contributed by atoms with Gasteiger partial charge in [-0.3, -0.25) is 14.5 Å². The van der Waals surface area contributed by atoms with Crippen molar-refractivity contribution in [3.63, 3.8) is 0 Å². The smallest absolute Gasteiger partial charge is 0.340 e. The SMILES string of the molecule is Nc1cc(F)ccc1C(=O)OCCN1C(=O)c2ccccc2C1=O. The highest BCUT2D eigenvalue weighted by molar-refractivity contribution is 6.21. The average Bonchev–Trinajstić information content (AvgIpc) is 2.80. The van der Waals surface area contributed by atoms with Gasteiger partial charge in [-0.15, -0.1) is 0 Å². The summed E-state index contributed by atoms with van der Waals surface area (Å²) in [7, 11) is 0. The van der Waals surface area contributed by atoms with Gasteiger partial charge in [0.1, 0.15) is 12.4 Å². The topological polar surface area (TPSA) is 89.7 Å². The third kappa shape index (κ3) is 2.71. The summed E-state index contributed by atoms with van der Waals surface area (Å²) in [4.78, 5) is 37.2. The summed E-state index contributed by atoms with van der Waals surface area (Å²) in [5.74, 6) is -2.15. The van der Waals surface area contributed by atoms with E-state index >= 15 is 0 Å². The molecule has 1 aliphatic rings. The number of halogens is 1. The zero-order valence-electron chi connectivity index (χ0n) is 12.5. The molecule has 1 aliphatic heterocycles. The molecule has 24 heavy (non-hydrogen) atoms. The Balaban J connectivity index is 1.62. The fraction of sp³-hybridized carbons (Fsp3) is 0.118. The van der Waals surface area contributed by atoms with E-state index in [1.54, 1.807) is 24.3 Å². The van der Waals surface area contributed by atoms with Gasteiger partial charge in [-0.25, -0.2) is 9.18 Å². The van der Waals surface area contributed by atoms with Crippen molar-refractivity contribution in [3.8, 4) is 0 Å². The Bertz CT molecular complexity index is 815. The van der Waals surface area contributed by atoms with Crippen molar-refractivity contribution in [1.29, 1.82) is 0 Å². The first kappa shape index (κ1) is 15.7. The highest BCUT2D eigenvalue weighted by Gasteiger charge is 2.34. The number of imide groups is 1. The summed E-state index contributed by atoms with van der Waals surface area (Å²) in [6, 6.07) is 9.81. The summed E-state index contributed by atoms with van der Waals surface area (Å²) in [6.07, 6.45) is 0. The Morgan fingerprint density at radius 3 is 2.29 bits per heavy atom. The van der Waals surface area contributed by atoms with Gasteiger partial charge in [0, 0.05) is 5.69 Å². The molecular formula is C17H13FN2O4. The van der Waals surface area contributed by atoms with E-state index in [1.165, 1.54) is 6.07 Å². The van der Waals surface area contributed by atoms with Gasteiger partial charge >= 0.3 is 5.97 Å². The zero-order chi connectivity index (χ0) is 17.3. The molecule has 0 atom stereocenters. The number of hydrogen-bond acceptors (Lipinski definition) is 5. The summed E-state index contributed by atoms with van der Waals surface area (Å²) < 4.78 is 18.0. The molecule has 122 valence electrons. The predicted molar refractivity (Wildman–Crippen MR) is 82.9 cm³/mol. The quantitative estimate of drug-likeness (QED) is 0.526. The molecule has 0 saturated heterocycles. The number of fused-ring (bicyclic) bond motifs is 1. The van der Waals surface area contributed by atoms with Crippen LogP contribution >= 0.6 is 0 Å². The number of esters is 1. The third-order valence-electron chi connectivity index (χ3n) is 3.66. The third-order valence-corrected chi connectivity index (χ3v) is 3.66. The maximum absolute atomic E-state index is 13.0. The van der Waals surface area contributed by atoms with Crippen LogP contribution in [0.3, 0.4) is 0 Å². The first-order valence-corrected chi connectivity index (χ1v) is 7.16. The molecule has 7 heteroatoms. The van der Waals surface area contributed by atoms with Crippen LogP contribution in [0.5, 0.6) is 0 Å². The summed E-state index contributed by atoms with van der Waals surface area (Å²) in [5.41, 5.74) is 6.20. The van der Waals surface area contributed by atoms with E-state index in [0.29, 0.717) is 11.1 Å². The van der Waals surface area contributed by atoms with Gasteiger partial charge in [0.2, 0.25) is 0 Å². The van der Waals surface area contributed by atoms with Gasteiger partial charge in [-0.2, -0.15) is 0 Å². The summed E-state index contributed by atoms with van der Waals surface area (Å²) in [5, 5.41) is 0. The first-order valence-electron chi connectivity index (χ1n) is 7.16. The van der Waals surface area contributed by atoms with Crippen LogP contribution in [0.25, 0.3) is 0 Å². The molecule has 0 bridgehead atoms. The maximum Gasteiger partial charge on any atom is 0.340 e. The van der Waals surface area contributed by atoms with Crippen LogP contribution < -0.4 is 5.73 Å². The van der Waals surface area contributed by atoms with Gasteiger partial charge in [0.05, 0.1) is 23.2 Å². The normalized spacial score (nSPS) is 13.1. The molecule has 0 aliphatic carbocycles. The second-order valence-corrected chi connectivity index (χ2v) is 5.18. The summed E-state index contributed by atoms with van der Waals surface area (Å²) in [6.45, 7) is -0.250. The molecule has 6 nitrogen and oxygen atoms in total. The Kier molecular flexibility index (Phi) is 3.99. The van der Waals surface area contributed by atoms with Crippen LogP contribution in [0, 0.1) is 5.82 Å². The minimum Gasteiger partial charge on any atom is -0.460 e. The first-order chi connectivity index (χ1) is 11.5. The Labute approximate surface area is 136 Å². The minimum absolute atomic E-state index is 0.0266. The largest absolute Gasteiger partial charge is 0.460 e. The van der Waals surface area contributed by atoms with Gasteiger partial charge < -0.3 is 10.5 Å². The van der Waals surface area contributed by atoms with E-state index in [-0.39, 0.29) is 24.4 Å². The number of nitrogen functional groups attached to an aromatic ring is 1. The molecule has 2 aromatic carbocycles. The molecule has 2 amide bonds. The Hall–Kier alpha value is -3.22. The lowest BCUT2D eigenvalue weighted by atomic mass is 10.1. The zero-order valence-corrected chi connectivity index (χ0v) is 12.5. The van der Waals surface area contributed by atoms with E-state index in [4.69, 9.17) is 10.5 Å². The number of amides is 2. The number of carbonyl (C=O) groups excluding carboxylic acids is 3. The Morgan fingerprint density at radius 2 is 1.71 bits per heavy atom. The second kappa shape index (κ2) is 6.11. The molecule has 0 unspecified atom stereocenters. The van der Waals surface area contributed by atoms with Crippen LogP contribution in [0.15, 0.2) is 42.5 Å². The molecule has 2 aromatic rings. The second-order valence-electron chi connectivity index (χ2n) is 5.18. The van der Waals surface area contributed by atoms with Crippen molar-refractivity contribution >= 4 is 23.5 Å². The van der Waals surface area contributed by atoms with Crippen molar-refractivity contribution in [2.45, 2.75) is 0 Å². The van der Waals surface area contributed by atoms with Crippen LogP contribution in [0.1, 0.15) is 31.1 Å². The highest BCUT2D eigenvalue weighted by Crippen LogP contribution is 2.22. The monoisotopic (exact) mass is 328 g/mol. The van der Waals surface area contributed by atoms with E-state index in [1.807, 2.05) is 0 Å². The molecule has 2 N–H and O–H groups in total. The van der Waals surface area contributed by atoms with Crippen molar-refractivity contribution in [1.82, 2.24) is 4.90 Å². The predicted octanol–water partition coefficient (Wildman–Crippen LogP) is 1.86. The molecule has 3 rings (SSSR count). The number of nitrogens with two attached hydrogens (primary N) is 1. The average molecular weight is 328 g/mol. The number of benzene rings is 2. The van der Waals surface area contributed by atoms with Crippen LogP contribution in [-0.4, -0.2) is 35.8 Å². The number of hydrogen-bond donors (Lipinski definition) is 1. The number of rotatable bonds is 4. The van der Waals surface area contributed by atoms with Crippen molar-refractivity contribution < 1.29 is 23.5 Å². The minimum atomic E-state index is -0.746. The van der Waals surface area contributed by atoms with E-state index in [9.17, 15) is 18.8 Å². The molecule has 0 spiro atoms.